The fourth-order valence-corrected chi connectivity index (χ4v) is 2.56. The van der Waals surface area contributed by atoms with Gasteiger partial charge in [0.2, 0.25) is 0 Å². The molecule has 13 heavy (non-hydrogen) atoms. The molecule has 1 rings (SSSR count). The van der Waals surface area contributed by atoms with Gasteiger partial charge in [0.1, 0.15) is 0 Å². The Morgan fingerprint density at radius 2 is 1.85 bits per heavy atom. The van der Waals surface area contributed by atoms with Crippen LogP contribution in [0.4, 0.5) is 0 Å². The Morgan fingerprint density at radius 1 is 1.31 bits per heavy atom. The molecule has 0 radical (unpaired) electrons. The van der Waals surface area contributed by atoms with E-state index in [9.17, 15) is 0 Å². The van der Waals surface area contributed by atoms with Gasteiger partial charge in [-0.05, 0) is 45.1 Å². The number of likely N-dealkylation sites (tertiary alicyclic amines) is 1. The highest BCUT2D eigenvalue weighted by atomic mass is 15.2. The van der Waals surface area contributed by atoms with Gasteiger partial charge in [-0.2, -0.15) is 0 Å². The first kappa shape index (κ1) is 11.0. The first-order valence-electron chi connectivity index (χ1n) is 5.42. The molecule has 1 heterocycles. The molecule has 1 heteroatoms. The molecule has 0 bridgehead atoms. The lowest BCUT2D eigenvalue weighted by Crippen LogP contribution is -2.34. The summed E-state index contributed by atoms with van der Waals surface area (Å²) in [6.07, 6.45) is 2.72. The fourth-order valence-electron chi connectivity index (χ4n) is 2.56. The van der Waals surface area contributed by atoms with E-state index in [0.29, 0.717) is 11.0 Å². The van der Waals surface area contributed by atoms with Gasteiger partial charge in [0.25, 0.3) is 0 Å². The van der Waals surface area contributed by atoms with Crippen molar-refractivity contribution in [1.82, 2.24) is 4.90 Å². The van der Waals surface area contributed by atoms with Crippen LogP contribution >= 0.6 is 0 Å². The van der Waals surface area contributed by atoms with E-state index >= 15 is 0 Å². The zero-order valence-corrected chi connectivity index (χ0v) is 10.1. The molecule has 1 unspecified atom stereocenters. The minimum Gasteiger partial charge on any atom is -0.301 e. The SMILES string of the molecule is CN1CC(CC(C)(C)C)CC1(C)C. The number of rotatable bonds is 1. The van der Waals surface area contributed by atoms with E-state index < -0.39 is 0 Å². The van der Waals surface area contributed by atoms with E-state index in [1.165, 1.54) is 19.4 Å². The summed E-state index contributed by atoms with van der Waals surface area (Å²) >= 11 is 0. The van der Waals surface area contributed by atoms with Crippen molar-refractivity contribution in [2.75, 3.05) is 13.6 Å². The molecular weight excluding hydrogens is 158 g/mol. The van der Waals surface area contributed by atoms with Gasteiger partial charge < -0.3 is 4.90 Å². The second-order valence-corrected chi connectivity index (χ2v) is 6.53. The zero-order valence-electron chi connectivity index (χ0n) is 10.1. The third kappa shape index (κ3) is 2.98. The van der Waals surface area contributed by atoms with Gasteiger partial charge in [-0.15, -0.1) is 0 Å². The van der Waals surface area contributed by atoms with Crippen LogP contribution in [0.5, 0.6) is 0 Å². The zero-order chi connectivity index (χ0) is 10.3. The molecule has 1 atom stereocenters. The highest BCUT2D eigenvalue weighted by molar-refractivity contribution is 4.91. The van der Waals surface area contributed by atoms with Crippen molar-refractivity contribution < 1.29 is 0 Å². The Bertz CT molecular complexity index is 174. The van der Waals surface area contributed by atoms with Gasteiger partial charge in [-0.25, -0.2) is 0 Å². The summed E-state index contributed by atoms with van der Waals surface area (Å²) in [6, 6.07) is 0. The molecule has 1 aliphatic rings. The second-order valence-electron chi connectivity index (χ2n) is 6.53. The van der Waals surface area contributed by atoms with Gasteiger partial charge in [-0.3, -0.25) is 0 Å². The second kappa shape index (κ2) is 3.27. The summed E-state index contributed by atoms with van der Waals surface area (Å²) in [6.45, 7) is 13.0. The molecule has 1 aliphatic heterocycles. The first-order valence-corrected chi connectivity index (χ1v) is 5.42. The average molecular weight is 183 g/mol. The van der Waals surface area contributed by atoms with Crippen LogP contribution in [0.2, 0.25) is 0 Å². The standard InChI is InChI=1S/C12H25N/c1-11(2,3)7-10-8-12(4,5)13(6)9-10/h10H,7-9H2,1-6H3. The van der Waals surface area contributed by atoms with Crippen LogP contribution in [0.15, 0.2) is 0 Å². The number of hydrogen-bond acceptors (Lipinski definition) is 1. The van der Waals surface area contributed by atoms with Crippen molar-refractivity contribution in [3.63, 3.8) is 0 Å². The maximum Gasteiger partial charge on any atom is 0.0153 e. The van der Waals surface area contributed by atoms with Crippen LogP contribution in [0.1, 0.15) is 47.5 Å². The van der Waals surface area contributed by atoms with Crippen molar-refractivity contribution in [3.05, 3.63) is 0 Å². The van der Waals surface area contributed by atoms with Crippen molar-refractivity contribution in [3.8, 4) is 0 Å². The van der Waals surface area contributed by atoms with E-state index in [2.05, 4.69) is 46.6 Å². The van der Waals surface area contributed by atoms with Crippen molar-refractivity contribution >= 4 is 0 Å². The van der Waals surface area contributed by atoms with E-state index in [-0.39, 0.29) is 0 Å². The normalized spacial score (nSPS) is 29.5. The lowest BCUT2D eigenvalue weighted by atomic mass is 9.82. The van der Waals surface area contributed by atoms with Crippen molar-refractivity contribution in [2.45, 2.75) is 53.0 Å². The van der Waals surface area contributed by atoms with E-state index in [0.717, 1.165) is 5.92 Å². The maximum absolute atomic E-state index is 2.50. The molecule has 1 saturated heterocycles. The van der Waals surface area contributed by atoms with Crippen LogP contribution in [0.25, 0.3) is 0 Å². The molecule has 0 aromatic rings. The molecule has 78 valence electrons. The molecule has 0 N–H and O–H groups in total. The van der Waals surface area contributed by atoms with Gasteiger partial charge in [0.05, 0.1) is 0 Å². The largest absolute Gasteiger partial charge is 0.301 e. The molecule has 0 saturated carbocycles. The van der Waals surface area contributed by atoms with E-state index in [1.54, 1.807) is 0 Å². The fraction of sp³-hybridized carbons (Fsp3) is 1.00. The lowest BCUT2D eigenvalue weighted by Gasteiger charge is -2.26. The lowest BCUT2D eigenvalue weighted by molar-refractivity contribution is 0.218. The monoisotopic (exact) mass is 183 g/mol. The molecular formula is C12H25N. The molecule has 0 aromatic carbocycles. The van der Waals surface area contributed by atoms with Crippen LogP contribution in [-0.4, -0.2) is 24.0 Å². The Morgan fingerprint density at radius 3 is 2.15 bits per heavy atom. The smallest absolute Gasteiger partial charge is 0.0153 e. The summed E-state index contributed by atoms with van der Waals surface area (Å²) < 4.78 is 0. The Hall–Kier alpha value is -0.0400. The van der Waals surface area contributed by atoms with E-state index in [4.69, 9.17) is 0 Å². The van der Waals surface area contributed by atoms with Crippen molar-refractivity contribution in [1.29, 1.82) is 0 Å². The Balaban J connectivity index is 2.50. The minimum atomic E-state index is 0.427. The summed E-state index contributed by atoms with van der Waals surface area (Å²) in [5.74, 6) is 0.903. The van der Waals surface area contributed by atoms with Gasteiger partial charge >= 0.3 is 0 Å². The van der Waals surface area contributed by atoms with E-state index in [1.807, 2.05) is 0 Å². The van der Waals surface area contributed by atoms with Crippen molar-refractivity contribution in [2.24, 2.45) is 11.3 Å². The predicted molar refractivity (Wildman–Crippen MR) is 58.9 cm³/mol. The molecule has 0 aromatic heterocycles. The third-order valence-electron chi connectivity index (χ3n) is 3.25. The highest BCUT2D eigenvalue weighted by Gasteiger charge is 2.36. The van der Waals surface area contributed by atoms with Crippen LogP contribution in [-0.2, 0) is 0 Å². The summed E-state index contributed by atoms with van der Waals surface area (Å²) in [4.78, 5) is 2.50. The Kier molecular flexibility index (Phi) is 2.78. The molecule has 0 spiro atoms. The molecule has 0 aliphatic carbocycles. The first-order chi connectivity index (χ1) is 5.71. The topological polar surface area (TPSA) is 3.24 Å². The number of nitrogens with zero attached hydrogens (tertiary/aromatic N) is 1. The average Bonchev–Trinajstić information content (AvgIpc) is 2.01. The van der Waals surface area contributed by atoms with Crippen LogP contribution in [0, 0.1) is 11.3 Å². The molecule has 1 fully saturated rings. The van der Waals surface area contributed by atoms with Gasteiger partial charge in [0, 0.05) is 12.1 Å². The molecule has 0 amide bonds. The van der Waals surface area contributed by atoms with Gasteiger partial charge in [0.15, 0.2) is 0 Å². The predicted octanol–water partition coefficient (Wildman–Crippen LogP) is 3.15. The quantitative estimate of drug-likeness (QED) is 0.603. The summed E-state index contributed by atoms with van der Waals surface area (Å²) in [5, 5.41) is 0. The number of hydrogen-bond donors (Lipinski definition) is 0. The van der Waals surface area contributed by atoms with Gasteiger partial charge in [-0.1, -0.05) is 20.8 Å². The maximum atomic E-state index is 2.50. The third-order valence-corrected chi connectivity index (χ3v) is 3.25. The summed E-state index contributed by atoms with van der Waals surface area (Å²) in [7, 11) is 2.25. The van der Waals surface area contributed by atoms with Crippen LogP contribution in [0.3, 0.4) is 0 Å². The summed E-state index contributed by atoms with van der Waals surface area (Å²) in [5.41, 5.74) is 0.918. The minimum absolute atomic E-state index is 0.427. The molecule has 1 nitrogen and oxygen atoms in total. The highest BCUT2D eigenvalue weighted by Crippen LogP contribution is 2.37. The Labute approximate surface area is 83.5 Å². The van der Waals surface area contributed by atoms with Crippen LogP contribution < -0.4 is 0 Å².